The first-order chi connectivity index (χ1) is 5.56. The number of rotatable bonds is 2. The molecule has 0 bridgehead atoms. The fraction of sp³-hybridized carbons (Fsp3) is 1.00. The molecule has 6 heteroatoms. The Morgan fingerprint density at radius 3 is 2.42 bits per heavy atom. The van der Waals surface area contributed by atoms with Crippen LogP contribution in [0.4, 0.5) is 4.39 Å². The van der Waals surface area contributed by atoms with Gasteiger partial charge in [-0.15, -0.1) is 0 Å². The van der Waals surface area contributed by atoms with E-state index in [4.69, 9.17) is 17.7 Å². The summed E-state index contributed by atoms with van der Waals surface area (Å²) in [4.78, 5) is 0. The fourth-order valence-electron chi connectivity index (χ4n) is 1.17. The van der Waals surface area contributed by atoms with E-state index < -0.39 is 37.1 Å². The molecule has 1 fully saturated rings. The lowest BCUT2D eigenvalue weighted by Gasteiger charge is -2.25. The average Bonchev–Trinajstić information content (AvgIpc) is 2.30. The summed E-state index contributed by atoms with van der Waals surface area (Å²) in [5.74, 6) is 0. The zero-order valence-electron chi connectivity index (χ0n) is 6.35. The van der Waals surface area contributed by atoms with Crippen LogP contribution in [0.5, 0.6) is 0 Å². The van der Waals surface area contributed by atoms with Crippen molar-refractivity contribution in [3.63, 3.8) is 0 Å². The molecule has 0 saturated carbocycles. The molecule has 1 aliphatic rings. The van der Waals surface area contributed by atoms with E-state index in [1.54, 1.807) is 0 Å². The Labute approximate surface area is 70.4 Å². The maximum absolute atomic E-state index is 12.2. The number of hydrogen-bond acceptors (Lipinski definition) is 4. The molecule has 4 atom stereocenters. The van der Waals surface area contributed by atoms with Gasteiger partial charge < -0.3 is 20.1 Å². The predicted molar refractivity (Wildman–Crippen MR) is 38.4 cm³/mol. The minimum atomic E-state index is -2.09. The number of halogens is 1. The van der Waals surface area contributed by atoms with E-state index in [0.717, 1.165) is 0 Å². The molecule has 0 aromatic heterocycles. The molecule has 0 aliphatic carbocycles. The molecule has 0 unspecified atom stereocenters. The Morgan fingerprint density at radius 2 is 2.17 bits per heavy atom. The Bertz CT molecular complexity index is 170. The molecular formula is C6H10BFO4. The summed E-state index contributed by atoms with van der Waals surface area (Å²) < 4.78 is 17.0. The number of aliphatic hydroxyl groups excluding tert-OH is 2. The fourth-order valence-corrected chi connectivity index (χ4v) is 1.17. The number of hydrogen-bond donors (Lipinski definition) is 3. The predicted octanol–water partition coefficient (Wildman–Crippen LogP) is -2.07. The van der Waals surface area contributed by atoms with Gasteiger partial charge in [-0.25, -0.2) is 4.39 Å². The number of alkyl halides is 1. The Morgan fingerprint density at radius 1 is 1.58 bits per heavy atom. The summed E-state index contributed by atoms with van der Waals surface area (Å²) in [5, 5.41) is 27.2. The van der Waals surface area contributed by atoms with Crippen molar-refractivity contribution in [3.8, 4) is 0 Å². The molecule has 68 valence electrons. The molecule has 0 aromatic rings. The zero-order valence-corrected chi connectivity index (χ0v) is 6.35. The minimum Gasteiger partial charge on any atom is -0.394 e. The molecule has 0 aromatic carbocycles. The van der Waals surface area contributed by atoms with Crippen molar-refractivity contribution in [3.05, 3.63) is 0 Å². The molecule has 1 rings (SSSR count). The van der Waals surface area contributed by atoms with Crippen molar-refractivity contribution < 1.29 is 24.4 Å². The topological polar surface area (TPSA) is 69.9 Å². The van der Waals surface area contributed by atoms with Crippen molar-refractivity contribution in [2.75, 3.05) is 13.3 Å². The van der Waals surface area contributed by atoms with E-state index in [1.165, 1.54) is 0 Å². The van der Waals surface area contributed by atoms with Crippen molar-refractivity contribution in [1.29, 1.82) is 0 Å². The summed E-state index contributed by atoms with van der Waals surface area (Å²) in [7, 11) is 5.20. The molecule has 0 spiro atoms. The summed E-state index contributed by atoms with van der Waals surface area (Å²) in [6.07, 6.45) is -2.50. The highest BCUT2D eigenvalue weighted by Gasteiger charge is 2.52. The first-order valence-corrected chi connectivity index (χ1v) is 3.54. The molecule has 1 heterocycles. The SMILES string of the molecule is [B][C@@H]1O[C@H](CO)[C@@H](O)[C@]1(O)CF. The second kappa shape index (κ2) is 3.29. The van der Waals surface area contributed by atoms with Crippen LogP contribution in [-0.2, 0) is 4.74 Å². The van der Waals surface area contributed by atoms with E-state index in [9.17, 15) is 14.6 Å². The third kappa shape index (κ3) is 1.24. The Balaban J connectivity index is 2.76. The van der Waals surface area contributed by atoms with Crippen LogP contribution in [0.2, 0.25) is 0 Å². The molecule has 4 nitrogen and oxygen atoms in total. The van der Waals surface area contributed by atoms with Crippen molar-refractivity contribution >= 4 is 7.85 Å². The smallest absolute Gasteiger partial charge is 0.139 e. The number of ether oxygens (including phenoxy) is 1. The van der Waals surface area contributed by atoms with Crippen LogP contribution in [0.25, 0.3) is 0 Å². The van der Waals surface area contributed by atoms with Crippen LogP contribution in [0.15, 0.2) is 0 Å². The first-order valence-electron chi connectivity index (χ1n) is 3.54. The van der Waals surface area contributed by atoms with Gasteiger partial charge in [0.2, 0.25) is 0 Å². The van der Waals surface area contributed by atoms with E-state index in [1.807, 2.05) is 0 Å². The van der Waals surface area contributed by atoms with Crippen molar-refractivity contribution in [2.24, 2.45) is 0 Å². The third-order valence-electron chi connectivity index (χ3n) is 2.07. The molecule has 1 aliphatic heterocycles. The maximum atomic E-state index is 12.2. The van der Waals surface area contributed by atoms with E-state index in [-0.39, 0.29) is 0 Å². The summed E-state index contributed by atoms with van der Waals surface area (Å²) in [6.45, 7) is -1.71. The highest BCUT2D eigenvalue weighted by Crippen LogP contribution is 2.29. The molecule has 3 N–H and O–H groups in total. The van der Waals surface area contributed by atoms with Gasteiger partial charge in [0.1, 0.15) is 32.3 Å². The van der Waals surface area contributed by atoms with Gasteiger partial charge in [-0.3, -0.25) is 0 Å². The molecule has 0 amide bonds. The van der Waals surface area contributed by atoms with Crippen LogP contribution in [0.1, 0.15) is 0 Å². The first kappa shape index (κ1) is 9.92. The summed E-state index contributed by atoms with van der Waals surface area (Å²) in [5.41, 5.74) is -2.09. The quantitative estimate of drug-likeness (QED) is 0.423. The standard InChI is InChI=1S/C6H10BFO4/c7-5-6(11,2-8)4(10)3(1-9)12-5/h3-5,9-11H,1-2H2/t3-,4-,5-,6-/m1/s1. The van der Waals surface area contributed by atoms with Crippen LogP contribution in [0.3, 0.4) is 0 Å². The van der Waals surface area contributed by atoms with Crippen LogP contribution < -0.4 is 0 Å². The summed E-state index contributed by atoms with van der Waals surface area (Å²) >= 11 is 0. The van der Waals surface area contributed by atoms with Crippen LogP contribution >= 0.6 is 0 Å². The Hall–Kier alpha value is -0.165. The van der Waals surface area contributed by atoms with Crippen molar-refractivity contribution in [1.82, 2.24) is 0 Å². The largest absolute Gasteiger partial charge is 0.394 e. The van der Waals surface area contributed by atoms with Gasteiger partial charge in [-0.1, -0.05) is 0 Å². The van der Waals surface area contributed by atoms with Gasteiger partial charge >= 0.3 is 0 Å². The van der Waals surface area contributed by atoms with Crippen molar-refractivity contribution in [2.45, 2.75) is 23.8 Å². The van der Waals surface area contributed by atoms with E-state index in [0.29, 0.717) is 0 Å². The molecule has 1 saturated heterocycles. The minimum absolute atomic E-state index is 0.503. The summed E-state index contributed by atoms with van der Waals surface area (Å²) in [6, 6.07) is -1.30. The lowest BCUT2D eigenvalue weighted by atomic mass is 9.81. The van der Waals surface area contributed by atoms with Gasteiger partial charge in [0, 0.05) is 0 Å². The molecule has 2 radical (unpaired) electrons. The lowest BCUT2D eigenvalue weighted by molar-refractivity contribution is -0.0734. The lowest BCUT2D eigenvalue weighted by Crippen LogP contribution is -2.50. The van der Waals surface area contributed by atoms with Gasteiger partial charge in [-0.2, -0.15) is 0 Å². The molecule has 12 heavy (non-hydrogen) atoms. The Kier molecular flexibility index (Phi) is 2.72. The third-order valence-corrected chi connectivity index (χ3v) is 2.07. The number of aliphatic hydroxyl groups is 3. The molecular weight excluding hydrogens is 166 g/mol. The van der Waals surface area contributed by atoms with Gasteiger partial charge in [0.15, 0.2) is 0 Å². The normalized spacial score (nSPS) is 48.2. The van der Waals surface area contributed by atoms with Gasteiger partial charge in [-0.05, 0) is 0 Å². The van der Waals surface area contributed by atoms with Crippen LogP contribution in [0, 0.1) is 0 Å². The van der Waals surface area contributed by atoms with E-state index >= 15 is 0 Å². The average molecular weight is 176 g/mol. The van der Waals surface area contributed by atoms with Crippen LogP contribution in [-0.4, -0.2) is 60.3 Å². The zero-order chi connectivity index (χ0) is 9.35. The highest BCUT2D eigenvalue weighted by atomic mass is 19.1. The van der Waals surface area contributed by atoms with Gasteiger partial charge in [0.25, 0.3) is 0 Å². The second-order valence-corrected chi connectivity index (χ2v) is 2.85. The van der Waals surface area contributed by atoms with Gasteiger partial charge in [0.05, 0.1) is 12.6 Å². The highest BCUT2D eigenvalue weighted by molar-refractivity contribution is 6.12. The van der Waals surface area contributed by atoms with E-state index in [2.05, 4.69) is 0 Å². The monoisotopic (exact) mass is 176 g/mol. The maximum Gasteiger partial charge on any atom is 0.139 e. The second-order valence-electron chi connectivity index (χ2n) is 2.85.